The standard InChI is InChI=1S/C16H14F2N2/c1-20(11-13-4-2-3-5-15(13)17)10-12-6-7-16(18)14(8-12)9-19/h2-8H,10-11H2,1H3. The number of hydrogen-bond acceptors (Lipinski definition) is 2. The molecule has 0 atom stereocenters. The minimum Gasteiger partial charge on any atom is -0.298 e. The van der Waals surface area contributed by atoms with Gasteiger partial charge >= 0.3 is 0 Å². The summed E-state index contributed by atoms with van der Waals surface area (Å²) in [4.78, 5) is 1.91. The zero-order valence-corrected chi connectivity index (χ0v) is 11.1. The van der Waals surface area contributed by atoms with E-state index in [0.717, 1.165) is 5.56 Å². The molecule has 2 nitrogen and oxygen atoms in total. The highest BCUT2D eigenvalue weighted by Gasteiger charge is 2.08. The monoisotopic (exact) mass is 272 g/mol. The third-order valence-electron chi connectivity index (χ3n) is 3.00. The van der Waals surface area contributed by atoms with Crippen LogP contribution in [0.5, 0.6) is 0 Å². The lowest BCUT2D eigenvalue weighted by atomic mass is 10.1. The van der Waals surface area contributed by atoms with Crippen molar-refractivity contribution in [2.24, 2.45) is 0 Å². The van der Waals surface area contributed by atoms with Gasteiger partial charge in [-0.2, -0.15) is 5.26 Å². The van der Waals surface area contributed by atoms with E-state index in [1.165, 1.54) is 18.2 Å². The van der Waals surface area contributed by atoms with Gasteiger partial charge in [-0.15, -0.1) is 0 Å². The average molecular weight is 272 g/mol. The van der Waals surface area contributed by atoms with Crippen LogP contribution in [0, 0.1) is 23.0 Å². The van der Waals surface area contributed by atoms with Crippen molar-refractivity contribution in [1.29, 1.82) is 5.26 Å². The number of nitriles is 1. The molecule has 0 heterocycles. The number of rotatable bonds is 4. The van der Waals surface area contributed by atoms with E-state index in [4.69, 9.17) is 5.26 Å². The quantitative estimate of drug-likeness (QED) is 0.852. The van der Waals surface area contributed by atoms with E-state index in [1.54, 1.807) is 24.3 Å². The molecule has 0 N–H and O–H groups in total. The summed E-state index contributed by atoms with van der Waals surface area (Å²) in [6.45, 7) is 0.967. The van der Waals surface area contributed by atoms with Crippen molar-refractivity contribution < 1.29 is 8.78 Å². The van der Waals surface area contributed by atoms with Gasteiger partial charge in [0.2, 0.25) is 0 Å². The fourth-order valence-corrected chi connectivity index (χ4v) is 2.04. The zero-order valence-electron chi connectivity index (χ0n) is 11.1. The molecule has 2 rings (SSSR count). The summed E-state index contributed by atoms with van der Waals surface area (Å²) in [5.41, 5.74) is 1.46. The number of halogens is 2. The minimum absolute atomic E-state index is 0.0294. The van der Waals surface area contributed by atoms with Crippen LogP contribution in [0.25, 0.3) is 0 Å². The Morgan fingerprint density at radius 1 is 1.05 bits per heavy atom. The fourth-order valence-electron chi connectivity index (χ4n) is 2.04. The van der Waals surface area contributed by atoms with Gasteiger partial charge in [-0.3, -0.25) is 4.90 Å². The van der Waals surface area contributed by atoms with E-state index in [9.17, 15) is 8.78 Å². The molecule has 0 saturated carbocycles. The van der Waals surface area contributed by atoms with Gasteiger partial charge in [0.15, 0.2) is 0 Å². The molecular formula is C16H14F2N2. The maximum Gasteiger partial charge on any atom is 0.140 e. The molecule has 2 aromatic rings. The second kappa shape index (κ2) is 6.27. The molecule has 0 radical (unpaired) electrons. The smallest absolute Gasteiger partial charge is 0.140 e. The molecule has 0 aliphatic carbocycles. The molecule has 0 aliphatic rings. The molecule has 0 saturated heterocycles. The van der Waals surface area contributed by atoms with E-state index in [-0.39, 0.29) is 11.4 Å². The van der Waals surface area contributed by atoms with Gasteiger partial charge in [0.1, 0.15) is 17.7 Å². The Hall–Kier alpha value is -2.25. The van der Waals surface area contributed by atoms with Crippen LogP contribution in [0.4, 0.5) is 8.78 Å². The van der Waals surface area contributed by atoms with E-state index in [0.29, 0.717) is 18.7 Å². The van der Waals surface area contributed by atoms with E-state index in [1.807, 2.05) is 18.0 Å². The first-order chi connectivity index (χ1) is 9.60. The number of benzene rings is 2. The first-order valence-electron chi connectivity index (χ1n) is 6.20. The lowest BCUT2D eigenvalue weighted by molar-refractivity contribution is 0.313. The van der Waals surface area contributed by atoms with Crippen LogP contribution in [-0.4, -0.2) is 11.9 Å². The van der Waals surface area contributed by atoms with Crippen molar-refractivity contribution >= 4 is 0 Å². The van der Waals surface area contributed by atoms with Crippen LogP contribution in [0.1, 0.15) is 16.7 Å². The maximum absolute atomic E-state index is 13.5. The summed E-state index contributed by atoms with van der Waals surface area (Å²) >= 11 is 0. The Morgan fingerprint density at radius 3 is 2.50 bits per heavy atom. The molecule has 0 aliphatic heterocycles. The lowest BCUT2D eigenvalue weighted by Gasteiger charge is -2.17. The summed E-state index contributed by atoms with van der Waals surface area (Å²) < 4.78 is 26.8. The van der Waals surface area contributed by atoms with Crippen molar-refractivity contribution in [1.82, 2.24) is 4.90 Å². The summed E-state index contributed by atoms with van der Waals surface area (Å²) in [5.74, 6) is -0.760. The number of nitrogens with zero attached hydrogens (tertiary/aromatic N) is 2. The Morgan fingerprint density at radius 2 is 1.80 bits per heavy atom. The Labute approximate surface area is 116 Å². The zero-order chi connectivity index (χ0) is 14.5. The van der Waals surface area contributed by atoms with Gasteiger partial charge in [0.05, 0.1) is 5.56 Å². The van der Waals surface area contributed by atoms with Crippen molar-refractivity contribution in [2.75, 3.05) is 7.05 Å². The molecule has 0 spiro atoms. The van der Waals surface area contributed by atoms with Gasteiger partial charge in [-0.05, 0) is 30.8 Å². The van der Waals surface area contributed by atoms with Crippen molar-refractivity contribution in [3.05, 3.63) is 70.8 Å². The third kappa shape index (κ3) is 3.40. The molecule has 20 heavy (non-hydrogen) atoms. The molecule has 0 aromatic heterocycles. The Bertz CT molecular complexity index is 647. The van der Waals surface area contributed by atoms with Crippen molar-refractivity contribution in [2.45, 2.75) is 13.1 Å². The first kappa shape index (κ1) is 14.2. The molecule has 0 fully saturated rings. The molecular weight excluding hydrogens is 258 g/mol. The normalized spacial score (nSPS) is 10.6. The number of hydrogen-bond donors (Lipinski definition) is 0. The lowest BCUT2D eigenvalue weighted by Crippen LogP contribution is -2.18. The van der Waals surface area contributed by atoms with E-state index in [2.05, 4.69) is 0 Å². The second-order valence-corrected chi connectivity index (χ2v) is 4.69. The van der Waals surface area contributed by atoms with Crippen LogP contribution in [-0.2, 0) is 13.1 Å². The largest absolute Gasteiger partial charge is 0.298 e. The van der Waals surface area contributed by atoms with Crippen molar-refractivity contribution in [3.63, 3.8) is 0 Å². The van der Waals surface area contributed by atoms with Gasteiger partial charge in [-0.1, -0.05) is 24.3 Å². The highest BCUT2D eigenvalue weighted by molar-refractivity contribution is 5.34. The predicted molar refractivity (Wildman–Crippen MR) is 72.7 cm³/mol. The second-order valence-electron chi connectivity index (χ2n) is 4.69. The van der Waals surface area contributed by atoms with Gasteiger partial charge in [-0.25, -0.2) is 8.78 Å². The van der Waals surface area contributed by atoms with E-state index >= 15 is 0 Å². The SMILES string of the molecule is CN(Cc1ccc(F)c(C#N)c1)Cc1ccccc1F. The van der Waals surface area contributed by atoms with Crippen LogP contribution < -0.4 is 0 Å². The van der Waals surface area contributed by atoms with Gasteiger partial charge < -0.3 is 0 Å². The predicted octanol–water partition coefficient (Wildman–Crippen LogP) is 3.47. The highest BCUT2D eigenvalue weighted by Crippen LogP contribution is 2.14. The fraction of sp³-hybridized carbons (Fsp3) is 0.188. The van der Waals surface area contributed by atoms with Crippen molar-refractivity contribution in [3.8, 4) is 6.07 Å². The molecule has 0 bridgehead atoms. The van der Waals surface area contributed by atoms with Crippen LogP contribution >= 0.6 is 0 Å². The van der Waals surface area contributed by atoms with Crippen LogP contribution in [0.15, 0.2) is 42.5 Å². The summed E-state index contributed by atoms with van der Waals surface area (Å²) in [6.07, 6.45) is 0. The molecule has 0 amide bonds. The summed E-state index contributed by atoms with van der Waals surface area (Å²) in [7, 11) is 1.85. The first-order valence-corrected chi connectivity index (χ1v) is 6.20. The summed E-state index contributed by atoms with van der Waals surface area (Å²) in [5, 5.41) is 8.80. The van der Waals surface area contributed by atoms with Crippen LogP contribution in [0.2, 0.25) is 0 Å². The summed E-state index contributed by atoms with van der Waals surface area (Å²) in [6, 6.07) is 12.8. The van der Waals surface area contributed by atoms with E-state index < -0.39 is 5.82 Å². The maximum atomic E-state index is 13.5. The molecule has 4 heteroatoms. The Kier molecular flexibility index (Phi) is 4.44. The van der Waals surface area contributed by atoms with Crippen LogP contribution in [0.3, 0.4) is 0 Å². The third-order valence-corrected chi connectivity index (χ3v) is 3.00. The van der Waals surface area contributed by atoms with Gasteiger partial charge in [0, 0.05) is 18.7 Å². The molecule has 2 aromatic carbocycles. The topological polar surface area (TPSA) is 27.0 Å². The van der Waals surface area contributed by atoms with Gasteiger partial charge in [0.25, 0.3) is 0 Å². The Balaban J connectivity index is 2.07. The highest BCUT2D eigenvalue weighted by atomic mass is 19.1. The molecule has 102 valence electrons. The molecule has 0 unspecified atom stereocenters. The average Bonchev–Trinajstić information content (AvgIpc) is 2.43. The minimum atomic E-state index is -0.520.